The van der Waals surface area contributed by atoms with E-state index in [-0.39, 0.29) is 17.2 Å². The van der Waals surface area contributed by atoms with Crippen molar-refractivity contribution in [2.45, 2.75) is 64.1 Å². The normalized spacial score (nSPS) is 33.0. The summed E-state index contributed by atoms with van der Waals surface area (Å²) in [6.45, 7) is 12.1. The summed E-state index contributed by atoms with van der Waals surface area (Å²) in [5.41, 5.74) is 6.94. The molecule has 2 heterocycles. The van der Waals surface area contributed by atoms with Gasteiger partial charge in [0.15, 0.2) is 0 Å². The Kier molecular flexibility index (Phi) is 5.44. The fourth-order valence-corrected chi connectivity index (χ4v) is 5.44. The highest BCUT2D eigenvalue weighted by Crippen LogP contribution is 2.42. The van der Waals surface area contributed by atoms with Crippen LogP contribution in [0, 0.1) is 5.92 Å². The number of likely N-dealkylation sites (N-methyl/N-ethyl adjacent to an activating group) is 1. The number of ether oxygens (including phenoxy) is 1. The van der Waals surface area contributed by atoms with Crippen LogP contribution in [-0.2, 0) is 4.74 Å². The molecule has 118 valence electrons. The van der Waals surface area contributed by atoms with Crippen molar-refractivity contribution in [2.75, 3.05) is 31.2 Å². The highest BCUT2D eigenvalue weighted by atomic mass is 32.2. The Morgan fingerprint density at radius 1 is 1.40 bits per heavy atom. The van der Waals surface area contributed by atoms with Crippen LogP contribution in [0.5, 0.6) is 0 Å². The summed E-state index contributed by atoms with van der Waals surface area (Å²) in [5.74, 6) is 3.02. The lowest BCUT2D eigenvalue weighted by atomic mass is 9.75. The Morgan fingerprint density at radius 3 is 2.65 bits per heavy atom. The Labute approximate surface area is 129 Å². The molecule has 2 N–H and O–H groups in total. The third-order valence-electron chi connectivity index (χ3n) is 5.50. The van der Waals surface area contributed by atoms with Gasteiger partial charge in [-0.05, 0) is 57.9 Å². The maximum atomic E-state index is 6.73. The average Bonchev–Trinajstić information content (AvgIpc) is 2.87. The molecule has 0 aliphatic carbocycles. The summed E-state index contributed by atoms with van der Waals surface area (Å²) in [7, 11) is 0. The molecule has 3 nitrogen and oxygen atoms in total. The largest absolute Gasteiger partial charge is 0.374 e. The first kappa shape index (κ1) is 16.6. The van der Waals surface area contributed by atoms with Gasteiger partial charge in [0.05, 0.1) is 5.60 Å². The smallest absolute Gasteiger partial charge is 0.0783 e. The molecular weight excluding hydrogens is 268 g/mol. The van der Waals surface area contributed by atoms with Crippen LogP contribution in [-0.4, -0.2) is 53.3 Å². The summed E-state index contributed by atoms with van der Waals surface area (Å²) in [5, 5.41) is 0. The van der Waals surface area contributed by atoms with Crippen LogP contribution in [0.4, 0.5) is 0 Å². The number of thioether (sulfide) groups is 1. The van der Waals surface area contributed by atoms with Crippen LogP contribution < -0.4 is 5.73 Å². The molecule has 2 aliphatic heterocycles. The fraction of sp³-hybridized carbons (Fsp3) is 1.00. The molecule has 3 atom stereocenters. The maximum absolute atomic E-state index is 6.73. The molecule has 1 spiro atoms. The number of hydrogen-bond donors (Lipinski definition) is 1. The number of rotatable bonds is 5. The standard InChI is InChI=1S/C16H32N2OS/c1-5-18(6-2)15(3,4)14(17)13-7-9-19-16(11-13)8-10-20-12-16/h13-14H,5-12,17H2,1-4H3. The van der Waals surface area contributed by atoms with Gasteiger partial charge < -0.3 is 10.5 Å². The monoisotopic (exact) mass is 300 g/mol. The van der Waals surface area contributed by atoms with Gasteiger partial charge >= 0.3 is 0 Å². The summed E-state index contributed by atoms with van der Waals surface area (Å²) in [4.78, 5) is 2.50. The molecule has 0 aromatic carbocycles. The van der Waals surface area contributed by atoms with Gasteiger partial charge in [0.2, 0.25) is 0 Å². The Hall–Kier alpha value is 0.230. The molecule has 2 rings (SSSR count). The summed E-state index contributed by atoms with van der Waals surface area (Å²) < 4.78 is 6.14. The van der Waals surface area contributed by atoms with Gasteiger partial charge in [-0.2, -0.15) is 11.8 Å². The molecule has 2 saturated heterocycles. The predicted octanol–water partition coefficient (Wildman–Crippen LogP) is 2.74. The van der Waals surface area contributed by atoms with Crippen molar-refractivity contribution in [1.82, 2.24) is 4.90 Å². The Morgan fingerprint density at radius 2 is 2.10 bits per heavy atom. The van der Waals surface area contributed by atoms with Crippen molar-refractivity contribution in [3.05, 3.63) is 0 Å². The molecule has 4 heteroatoms. The third kappa shape index (κ3) is 3.18. The first-order valence-electron chi connectivity index (χ1n) is 8.17. The molecule has 3 unspecified atom stereocenters. The molecule has 0 bridgehead atoms. The third-order valence-corrected chi connectivity index (χ3v) is 6.72. The average molecular weight is 301 g/mol. The summed E-state index contributed by atoms with van der Waals surface area (Å²) >= 11 is 2.04. The molecule has 2 fully saturated rings. The van der Waals surface area contributed by atoms with Gasteiger partial charge in [-0.1, -0.05) is 13.8 Å². The van der Waals surface area contributed by atoms with Crippen molar-refractivity contribution in [3.8, 4) is 0 Å². The number of hydrogen-bond acceptors (Lipinski definition) is 4. The Bertz CT molecular complexity index is 312. The SMILES string of the molecule is CCN(CC)C(C)(C)C(N)C1CCOC2(CCSC2)C1. The van der Waals surface area contributed by atoms with Crippen molar-refractivity contribution in [2.24, 2.45) is 11.7 Å². The molecule has 2 aliphatic rings. The predicted molar refractivity (Wildman–Crippen MR) is 88.3 cm³/mol. The highest BCUT2D eigenvalue weighted by Gasteiger charge is 2.45. The van der Waals surface area contributed by atoms with E-state index < -0.39 is 0 Å². The van der Waals surface area contributed by atoms with E-state index in [1.807, 2.05) is 11.8 Å². The minimum atomic E-state index is 0.0679. The van der Waals surface area contributed by atoms with Crippen LogP contribution in [0.1, 0.15) is 47.0 Å². The fourth-order valence-electron chi connectivity index (χ4n) is 4.06. The minimum absolute atomic E-state index is 0.0679. The minimum Gasteiger partial charge on any atom is -0.374 e. The molecule has 0 aromatic rings. The summed E-state index contributed by atoms with van der Waals surface area (Å²) in [6.07, 6.45) is 3.50. The molecule has 20 heavy (non-hydrogen) atoms. The molecule has 0 aromatic heterocycles. The van der Waals surface area contributed by atoms with E-state index in [2.05, 4.69) is 32.6 Å². The first-order chi connectivity index (χ1) is 9.45. The quantitative estimate of drug-likeness (QED) is 0.847. The van der Waals surface area contributed by atoms with E-state index in [4.69, 9.17) is 10.5 Å². The van der Waals surface area contributed by atoms with Gasteiger partial charge in [-0.3, -0.25) is 4.90 Å². The van der Waals surface area contributed by atoms with E-state index in [1.54, 1.807) is 0 Å². The van der Waals surface area contributed by atoms with Crippen molar-refractivity contribution in [3.63, 3.8) is 0 Å². The van der Waals surface area contributed by atoms with Crippen molar-refractivity contribution in [1.29, 1.82) is 0 Å². The molecule has 0 radical (unpaired) electrons. The van der Waals surface area contributed by atoms with Gasteiger partial charge in [0.25, 0.3) is 0 Å². The zero-order valence-electron chi connectivity index (χ0n) is 13.7. The number of nitrogens with zero attached hydrogens (tertiary/aromatic N) is 1. The zero-order valence-corrected chi connectivity index (χ0v) is 14.5. The van der Waals surface area contributed by atoms with E-state index in [1.165, 1.54) is 17.9 Å². The summed E-state index contributed by atoms with van der Waals surface area (Å²) in [6, 6.07) is 0.230. The zero-order chi connectivity index (χ0) is 14.8. The second-order valence-electron chi connectivity index (χ2n) is 6.94. The second kappa shape index (κ2) is 6.55. The van der Waals surface area contributed by atoms with Crippen molar-refractivity contribution < 1.29 is 4.74 Å². The topological polar surface area (TPSA) is 38.5 Å². The van der Waals surface area contributed by atoms with Crippen LogP contribution in [0.2, 0.25) is 0 Å². The maximum Gasteiger partial charge on any atom is 0.0783 e. The van der Waals surface area contributed by atoms with Gasteiger partial charge in [0.1, 0.15) is 0 Å². The van der Waals surface area contributed by atoms with Crippen LogP contribution in [0.3, 0.4) is 0 Å². The van der Waals surface area contributed by atoms with E-state index >= 15 is 0 Å². The van der Waals surface area contributed by atoms with E-state index in [0.29, 0.717) is 5.92 Å². The van der Waals surface area contributed by atoms with Gasteiger partial charge in [0, 0.05) is 23.9 Å². The van der Waals surface area contributed by atoms with Crippen LogP contribution >= 0.6 is 11.8 Å². The van der Waals surface area contributed by atoms with E-state index in [0.717, 1.165) is 32.5 Å². The Balaban J connectivity index is 2.05. The van der Waals surface area contributed by atoms with Gasteiger partial charge in [-0.15, -0.1) is 0 Å². The first-order valence-corrected chi connectivity index (χ1v) is 9.33. The van der Waals surface area contributed by atoms with Crippen LogP contribution in [0.25, 0.3) is 0 Å². The van der Waals surface area contributed by atoms with Gasteiger partial charge in [-0.25, -0.2) is 0 Å². The lowest BCUT2D eigenvalue weighted by molar-refractivity contribution is -0.0918. The lowest BCUT2D eigenvalue weighted by Gasteiger charge is -2.48. The van der Waals surface area contributed by atoms with Crippen LogP contribution in [0.15, 0.2) is 0 Å². The molecule has 0 saturated carbocycles. The number of nitrogens with two attached hydrogens (primary N) is 1. The van der Waals surface area contributed by atoms with Crippen molar-refractivity contribution >= 4 is 11.8 Å². The molecule has 0 amide bonds. The lowest BCUT2D eigenvalue weighted by Crippen LogP contribution is -2.60. The second-order valence-corrected chi connectivity index (χ2v) is 8.04. The highest BCUT2D eigenvalue weighted by molar-refractivity contribution is 7.99. The molecular formula is C16H32N2OS. The van der Waals surface area contributed by atoms with E-state index in [9.17, 15) is 0 Å².